The Kier molecular flexibility index (Phi) is 9.73. The Bertz CT molecular complexity index is 1840. The van der Waals surface area contributed by atoms with Gasteiger partial charge in [-0.15, -0.1) is 11.8 Å². The molecule has 0 aliphatic rings. The Morgan fingerprint density at radius 2 is 1.68 bits per heavy atom. The van der Waals surface area contributed by atoms with Crippen molar-refractivity contribution >= 4 is 67.9 Å². The van der Waals surface area contributed by atoms with Crippen LogP contribution < -0.4 is 20.7 Å². The quantitative estimate of drug-likeness (QED) is 0.113. The smallest absolute Gasteiger partial charge is 0.272 e. The Balaban J connectivity index is 1.23. The highest BCUT2D eigenvalue weighted by atomic mass is 32.2. The van der Waals surface area contributed by atoms with Gasteiger partial charge in [0.1, 0.15) is 11.4 Å². The van der Waals surface area contributed by atoms with E-state index in [1.165, 1.54) is 23.1 Å². The zero-order chi connectivity index (χ0) is 31.1. The second kappa shape index (κ2) is 14.0. The number of fused-ring (bicyclic) bond motifs is 1. The first-order chi connectivity index (χ1) is 21.3. The number of benzene rings is 4. The predicted octanol–water partition coefficient (Wildman–Crippen LogP) is 7.14. The van der Waals surface area contributed by atoms with E-state index in [9.17, 15) is 14.4 Å². The molecule has 0 fully saturated rings. The van der Waals surface area contributed by atoms with Crippen molar-refractivity contribution in [2.75, 3.05) is 17.7 Å². The number of nitrogens with zero attached hydrogens (tertiary/aromatic N) is 1. The lowest BCUT2D eigenvalue weighted by Crippen LogP contribution is -2.30. The summed E-state index contributed by atoms with van der Waals surface area (Å²) in [7, 11) is 1.61. The van der Waals surface area contributed by atoms with Gasteiger partial charge >= 0.3 is 0 Å². The van der Waals surface area contributed by atoms with Crippen LogP contribution in [0.15, 0.2) is 108 Å². The first-order valence-electron chi connectivity index (χ1n) is 13.8. The molecule has 1 atom stereocenters. The summed E-state index contributed by atoms with van der Waals surface area (Å²) in [6.07, 6.45) is 1.65. The molecule has 0 spiro atoms. The second-order valence-corrected chi connectivity index (χ2v) is 12.3. The minimum Gasteiger partial charge on any atom is -0.497 e. The van der Waals surface area contributed by atoms with E-state index in [1.807, 2.05) is 74.5 Å². The fraction of sp³-hybridized carbons (Fsp3) is 0.118. The number of aryl methyl sites for hydroxylation is 1. The molecule has 0 bridgehead atoms. The number of ether oxygens (including phenoxy) is 1. The van der Waals surface area contributed by atoms with Gasteiger partial charge in [0, 0.05) is 16.1 Å². The van der Waals surface area contributed by atoms with E-state index in [0.29, 0.717) is 16.4 Å². The Labute approximate surface area is 263 Å². The van der Waals surface area contributed by atoms with E-state index in [0.717, 1.165) is 32.0 Å². The molecule has 0 aliphatic heterocycles. The van der Waals surface area contributed by atoms with E-state index in [4.69, 9.17) is 4.74 Å². The van der Waals surface area contributed by atoms with Crippen molar-refractivity contribution in [2.24, 2.45) is 0 Å². The molecule has 0 aliphatic carbocycles. The van der Waals surface area contributed by atoms with Crippen LogP contribution in [0, 0.1) is 6.92 Å². The molecule has 1 aromatic heterocycles. The average molecular weight is 623 g/mol. The molecule has 0 saturated heterocycles. The molecular formula is C34H30N4O4S2. The van der Waals surface area contributed by atoms with Gasteiger partial charge in [0.25, 0.3) is 11.8 Å². The number of anilines is 2. The van der Waals surface area contributed by atoms with Crippen LogP contribution >= 0.6 is 23.1 Å². The zero-order valence-electron chi connectivity index (χ0n) is 24.3. The molecule has 222 valence electrons. The van der Waals surface area contributed by atoms with E-state index in [-0.39, 0.29) is 17.5 Å². The average Bonchev–Trinajstić information content (AvgIpc) is 3.43. The van der Waals surface area contributed by atoms with E-state index in [1.54, 1.807) is 49.6 Å². The normalized spacial score (nSPS) is 11.9. The number of thiazole rings is 1. The highest BCUT2D eigenvalue weighted by Crippen LogP contribution is 2.31. The van der Waals surface area contributed by atoms with Crippen molar-refractivity contribution in [2.45, 2.75) is 24.0 Å². The maximum absolute atomic E-state index is 13.3. The highest BCUT2D eigenvalue weighted by molar-refractivity contribution is 8.00. The lowest BCUT2D eigenvalue weighted by Gasteiger charge is -2.13. The van der Waals surface area contributed by atoms with Gasteiger partial charge in [0.15, 0.2) is 5.13 Å². The molecule has 1 heterocycles. The molecule has 5 rings (SSSR count). The summed E-state index contributed by atoms with van der Waals surface area (Å²) in [4.78, 5) is 44.4. The largest absolute Gasteiger partial charge is 0.497 e. The van der Waals surface area contributed by atoms with Crippen LogP contribution in [-0.4, -0.2) is 35.1 Å². The third-order valence-electron chi connectivity index (χ3n) is 6.50. The van der Waals surface area contributed by atoms with Crippen LogP contribution in [-0.2, 0) is 9.59 Å². The second-order valence-electron chi connectivity index (χ2n) is 9.87. The van der Waals surface area contributed by atoms with Crippen molar-refractivity contribution in [3.8, 4) is 5.75 Å². The van der Waals surface area contributed by atoms with E-state index < -0.39 is 11.2 Å². The van der Waals surface area contributed by atoms with Gasteiger partial charge in [-0.25, -0.2) is 4.98 Å². The van der Waals surface area contributed by atoms with Crippen LogP contribution in [0.1, 0.15) is 28.4 Å². The van der Waals surface area contributed by atoms with Gasteiger partial charge in [-0.05, 0) is 80.1 Å². The van der Waals surface area contributed by atoms with Crippen LogP contribution in [0.25, 0.3) is 16.3 Å². The van der Waals surface area contributed by atoms with Gasteiger partial charge in [-0.1, -0.05) is 59.4 Å². The van der Waals surface area contributed by atoms with Gasteiger partial charge in [0.05, 0.1) is 22.6 Å². The molecule has 0 radical (unpaired) electrons. The number of carbonyl (C=O) groups excluding carboxylic acids is 3. The summed E-state index contributed by atoms with van der Waals surface area (Å²) in [5.41, 5.74) is 3.71. The Morgan fingerprint density at radius 1 is 0.909 bits per heavy atom. The molecule has 3 amide bonds. The summed E-state index contributed by atoms with van der Waals surface area (Å²) in [5, 5.41) is 8.65. The molecular weight excluding hydrogens is 593 g/mol. The first-order valence-corrected chi connectivity index (χ1v) is 15.5. The molecule has 4 aromatic carbocycles. The molecule has 1 unspecified atom stereocenters. The van der Waals surface area contributed by atoms with Gasteiger partial charge in [-0.2, -0.15) is 0 Å². The first kappa shape index (κ1) is 30.5. The standard InChI is InChI=1S/C34H30N4O4S2/c1-21-8-7-9-23(18-21)19-29(36-32(40)24-10-5-4-6-11-24)33(41)35-25-12-15-27(16-13-25)43-22(2)31(39)38-34-37-28-17-14-26(42-3)20-30(28)44-34/h4-20,22H,1-3H3,(H,35,41)(H,36,40)(H,37,38,39)/b29-19-. The predicted molar refractivity (Wildman–Crippen MR) is 178 cm³/mol. The Hall–Kier alpha value is -4.93. The van der Waals surface area contributed by atoms with Gasteiger partial charge in [-0.3, -0.25) is 14.4 Å². The molecule has 10 heteroatoms. The zero-order valence-corrected chi connectivity index (χ0v) is 25.9. The Morgan fingerprint density at radius 3 is 2.41 bits per heavy atom. The monoisotopic (exact) mass is 622 g/mol. The maximum Gasteiger partial charge on any atom is 0.272 e. The number of carbonyl (C=O) groups is 3. The van der Waals surface area contributed by atoms with Crippen molar-refractivity contribution in [3.05, 3.63) is 119 Å². The van der Waals surface area contributed by atoms with Crippen LogP contribution in [0.5, 0.6) is 5.75 Å². The summed E-state index contributed by atoms with van der Waals surface area (Å²) in [5.74, 6) is -0.279. The highest BCUT2D eigenvalue weighted by Gasteiger charge is 2.18. The lowest BCUT2D eigenvalue weighted by atomic mass is 10.1. The summed E-state index contributed by atoms with van der Waals surface area (Å²) >= 11 is 2.78. The third-order valence-corrected chi connectivity index (χ3v) is 8.55. The lowest BCUT2D eigenvalue weighted by molar-refractivity contribution is -0.115. The van der Waals surface area contributed by atoms with Crippen molar-refractivity contribution in [1.29, 1.82) is 0 Å². The number of thioether (sulfide) groups is 1. The van der Waals surface area contributed by atoms with Crippen molar-refractivity contribution < 1.29 is 19.1 Å². The van der Waals surface area contributed by atoms with Crippen LogP contribution in [0.3, 0.4) is 0 Å². The number of rotatable bonds is 10. The number of amides is 3. The third kappa shape index (κ3) is 7.91. The molecule has 0 saturated carbocycles. The molecule has 3 N–H and O–H groups in total. The van der Waals surface area contributed by atoms with Gasteiger partial charge in [0.2, 0.25) is 5.91 Å². The fourth-order valence-electron chi connectivity index (χ4n) is 4.23. The number of hydrogen-bond acceptors (Lipinski definition) is 7. The van der Waals surface area contributed by atoms with Crippen molar-refractivity contribution in [3.63, 3.8) is 0 Å². The summed E-state index contributed by atoms with van der Waals surface area (Å²) < 4.78 is 6.19. The number of nitrogens with one attached hydrogen (secondary N) is 3. The minimum atomic E-state index is -0.461. The fourth-order valence-corrected chi connectivity index (χ4v) is 6.00. The van der Waals surface area contributed by atoms with Crippen LogP contribution in [0.4, 0.5) is 10.8 Å². The summed E-state index contributed by atoms with van der Waals surface area (Å²) in [6.45, 7) is 3.78. The van der Waals surface area contributed by atoms with Crippen LogP contribution in [0.2, 0.25) is 0 Å². The van der Waals surface area contributed by atoms with E-state index >= 15 is 0 Å². The van der Waals surface area contributed by atoms with Gasteiger partial charge < -0.3 is 20.7 Å². The molecule has 8 nitrogen and oxygen atoms in total. The number of hydrogen-bond donors (Lipinski definition) is 3. The molecule has 5 aromatic rings. The van der Waals surface area contributed by atoms with Crippen molar-refractivity contribution in [1.82, 2.24) is 10.3 Å². The topological polar surface area (TPSA) is 109 Å². The minimum absolute atomic E-state index is 0.112. The SMILES string of the molecule is COc1ccc2nc(NC(=O)C(C)Sc3ccc(NC(=O)/C(=C/c4cccc(C)c4)NC(=O)c4ccccc4)cc3)sc2c1. The molecule has 44 heavy (non-hydrogen) atoms. The number of methoxy groups -OCH3 is 1. The summed E-state index contributed by atoms with van der Waals surface area (Å²) in [6, 6.07) is 29.1. The maximum atomic E-state index is 13.3. The number of aromatic nitrogens is 1. The van der Waals surface area contributed by atoms with E-state index in [2.05, 4.69) is 20.9 Å².